The van der Waals surface area contributed by atoms with E-state index in [2.05, 4.69) is 21.9 Å². The monoisotopic (exact) mass is 286 g/mol. The Bertz CT molecular complexity index is 641. The number of hydrogen-bond donors (Lipinski definition) is 1. The summed E-state index contributed by atoms with van der Waals surface area (Å²) in [6, 6.07) is 0. The average molecular weight is 287 g/mol. The van der Waals surface area contributed by atoms with Crippen molar-refractivity contribution in [1.82, 2.24) is 19.5 Å². The fourth-order valence-electron chi connectivity index (χ4n) is 2.37. The van der Waals surface area contributed by atoms with E-state index >= 15 is 0 Å². The van der Waals surface area contributed by atoms with Crippen molar-refractivity contribution in [3.63, 3.8) is 0 Å². The molecule has 1 fully saturated rings. The molecule has 0 spiro atoms. The van der Waals surface area contributed by atoms with Gasteiger partial charge in [0.2, 0.25) is 5.95 Å². The quantitative estimate of drug-likeness (QED) is 0.878. The summed E-state index contributed by atoms with van der Waals surface area (Å²) in [6.45, 7) is 3.66. The van der Waals surface area contributed by atoms with Gasteiger partial charge in [-0.25, -0.2) is 13.8 Å². The van der Waals surface area contributed by atoms with Gasteiger partial charge in [0.1, 0.15) is 5.52 Å². The Morgan fingerprint density at radius 1 is 1.42 bits per heavy atom. The van der Waals surface area contributed by atoms with Crippen molar-refractivity contribution in [2.75, 3.05) is 5.73 Å². The van der Waals surface area contributed by atoms with E-state index in [0.717, 1.165) is 0 Å². The number of hydrogen-bond acceptors (Lipinski definition) is 4. The van der Waals surface area contributed by atoms with Gasteiger partial charge in [-0.3, -0.25) is 0 Å². The molecule has 2 atom stereocenters. The van der Waals surface area contributed by atoms with Crippen LogP contribution in [0.15, 0.2) is 6.33 Å². The molecule has 0 bridgehead atoms. The van der Waals surface area contributed by atoms with Crippen LogP contribution in [0.1, 0.15) is 6.42 Å². The predicted molar refractivity (Wildman–Crippen MR) is 66.6 cm³/mol. The first-order valence-electron chi connectivity index (χ1n) is 5.76. The predicted octanol–water partition coefficient (Wildman–Crippen LogP) is 2.17. The lowest BCUT2D eigenvalue weighted by molar-refractivity contribution is 0.0817. The van der Waals surface area contributed by atoms with Crippen LogP contribution in [0.3, 0.4) is 0 Å². The van der Waals surface area contributed by atoms with Gasteiger partial charge < -0.3 is 10.3 Å². The molecule has 2 N–H and O–H groups in total. The number of imidazole rings is 1. The summed E-state index contributed by atoms with van der Waals surface area (Å²) in [4.78, 5) is 11.8. The largest absolute Gasteiger partial charge is 0.368 e. The molecular weight excluding hydrogens is 276 g/mol. The minimum atomic E-state index is -2.67. The van der Waals surface area contributed by atoms with Crippen molar-refractivity contribution in [2.24, 2.45) is 11.8 Å². The Hall–Kier alpha value is -1.50. The van der Waals surface area contributed by atoms with Gasteiger partial charge in [0.15, 0.2) is 10.8 Å². The highest BCUT2D eigenvalue weighted by molar-refractivity contribution is 6.33. The maximum absolute atomic E-state index is 13.5. The highest BCUT2D eigenvalue weighted by Gasteiger charge is 2.66. The Morgan fingerprint density at radius 3 is 2.79 bits per heavy atom. The maximum Gasteiger partial charge on any atom is 0.256 e. The van der Waals surface area contributed by atoms with Crippen LogP contribution >= 0.6 is 11.6 Å². The van der Waals surface area contributed by atoms with E-state index in [0.29, 0.717) is 11.2 Å². The first-order chi connectivity index (χ1) is 8.95. The van der Waals surface area contributed by atoms with Crippen LogP contribution in [-0.4, -0.2) is 25.4 Å². The molecule has 5 nitrogen and oxygen atoms in total. The van der Waals surface area contributed by atoms with Crippen molar-refractivity contribution < 1.29 is 8.78 Å². The molecule has 19 heavy (non-hydrogen) atoms. The summed E-state index contributed by atoms with van der Waals surface area (Å²) in [5.74, 6) is -4.09. The topological polar surface area (TPSA) is 69.6 Å². The van der Waals surface area contributed by atoms with Gasteiger partial charge in [-0.05, 0) is 6.42 Å². The van der Waals surface area contributed by atoms with Crippen LogP contribution in [0, 0.1) is 18.8 Å². The van der Waals surface area contributed by atoms with Gasteiger partial charge in [-0.1, -0.05) is 18.5 Å². The van der Waals surface area contributed by atoms with Crippen molar-refractivity contribution in [3.8, 4) is 0 Å². The molecule has 1 aliphatic rings. The molecule has 3 rings (SSSR count). The lowest BCUT2D eigenvalue weighted by atomic mass is 10.2. The Kier molecular flexibility index (Phi) is 2.63. The van der Waals surface area contributed by atoms with E-state index in [9.17, 15) is 8.78 Å². The van der Waals surface area contributed by atoms with Crippen LogP contribution in [0.2, 0.25) is 5.15 Å². The molecule has 101 valence electrons. The van der Waals surface area contributed by atoms with Gasteiger partial charge >= 0.3 is 0 Å². The minimum Gasteiger partial charge on any atom is -0.368 e. The number of nitrogens with zero attached hydrogens (tertiary/aromatic N) is 4. The third-order valence-electron chi connectivity index (χ3n) is 3.51. The average Bonchev–Trinajstić information content (AvgIpc) is 2.67. The van der Waals surface area contributed by atoms with Gasteiger partial charge in [0.05, 0.1) is 6.33 Å². The van der Waals surface area contributed by atoms with Crippen molar-refractivity contribution in [2.45, 2.75) is 18.9 Å². The van der Waals surface area contributed by atoms with Crippen molar-refractivity contribution in [3.05, 3.63) is 18.4 Å². The maximum atomic E-state index is 13.5. The molecule has 2 aromatic rings. The number of aromatic nitrogens is 4. The number of anilines is 1. The lowest BCUT2D eigenvalue weighted by Gasteiger charge is -2.03. The molecule has 0 amide bonds. The van der Waals surface area contributed by atoms with Crippen LogP contribution in [0.5, 0.6) is 0 Å². The zero-order chi connectivity index (χ0) is 13.8. The van der Waals surface area contributed by atoms with Gasteiger partial charge in [0, 0.05) is 18.4 Å². The number of halogens is 3. The van der Waals surface area contributed by atoms with Gasteiger partial charge in [0.25, 0.3) is 5.92 Å². The Morgan fingerprint density at radius 2 is 2.16 bits per heavy atom. The molecule has 8 heteroatoms. The number of fused-ring (bicyclic) bond motifs is 1. The second-order valence-electron chi connectivity index (χ2n) is 4.62. The Balaban J connectivity index is 1.95. The summed E-state index contributed by atoms with van der Waals surface area (Å²) in [6.07, 6.45) is 1.64. The third kappa shape index (κ3) is 1.83. The fraction of sp³-hybridized carbons (Fsp3) is 0.455. The standard InChI is InChI=1S/C11H11ClF2N5/c1-2-5-6(11(5,13)14)3-19-4-16-7-8(12)17-10(15)18-9(7)19/h4-6H,1-3H2,(H2,15,17,18). The molecule has 0 aromatic carbocycles. The fourth-order valence-corrected chi connectivity index (χ4v) is 2.59. The van der Waals surface area contributed by atoms with E-state index in [1.54, 1.807) is 0 Å². The summed E-state index contributed by atoms with van der Waals surface area (Å²) in [5.41, 5.74) is 6.24. The van der Waals surface area contributed by atoms with Crippen LogP contribution in [0.4, 0.5) is 14.7 Å². The molecule has 0 saturated heterocycles. The normalized spacial score (nSPS) is 24.8. The third-order valence-corrected chi connectivity index (χ3v) is 3.77. The molecular formula is C11H11ClF2N5. The van der Waals surface area contributed by atoms with E-state index in [1.165, 1.54) is 10.9 Å². The lowest BCUT2D eigenvalue weighted by Crippen LogP contribution is -2.06. The van der Waals surface area contributed by atoms with E-state index in [1.807, 2.05) is 0 Å². The number of nitrogens with two attached hydrogens (primary N) is 1. The molecule has 2 aromatic heterocycles. The first-order valence-corrected chi connectivity index (χ1v) is 6.14. The smallest absolute Gasteiger partial charge is 0.256 e. The summed E-state index contributed by atoms with van der Waals surface area (Å²) in [7, 11) is 0. The molecule has 1 saturated carbocycles. The minimum absolute atomic E-state index is 0.00415. The van der Waals surface area contributed by atoms with E-state index in [4.69, 9.17) is 17.3 Å². The second kappa shape index (κ2) is 4.00. The van der Waals surface area contributed by atoms with Crippen LogP contribution < -0.4 is 5.73 Å². The molecule has 1 radical (unpaired) electrons. The van der Waals surface area contributed by atoms with E-state index < -0.39 is 17.8 Å². The molecule has 2 heterocycles. The SMILES string of the molecule is [CH2]CC1C(Cn2cnc3c(Cl)nc(N)nc32)C1(F)F. The second-order valence-corrected chi connectivity index (χ2v) is 4.98. The number of alkyl halides is 2. The number of nitrogen functional groups attached to an aromatic ring is 1. The van der Waals surface area contributed by atoms with Crippen LogP contribution in [0.25, 0.3) is 11.2 Å². The Labute approximate surface area is 112 Å². The summed E-state index contributed by atoms with van der Waals surface area (Å²) in [5, 5.41) is 0.123. The molecule has 1 aliphatic carbocycles. The molecule has 0 aliphatic heterocycles. The van der Waals surface area contributed by atoms with Crippen molar-refractivity contribution >= 4 is 28.7 Å². The van der Waals surface area contributed by atoms with Crippen molar-refractivity contribution in [1.29, 1.82) is 0 Å². The van der Waals surface area contributed by atoms with Gasteiger partial charge in [-0.15, -0.1) is 0 Å². The highest BCUT2D eigenvalue weighted by atomic mass is 35.5. The molecule has 2 unspecified atom stereocenters. The van der Waals surface area contributed by atoms with Gasteiger partial charge in [-0.2, -0.15) is 9.97 Å². The zero-order valence-electron chi connectivity index (χ0n) is 9.85. The van der Waals surface area contributed by atoms with Crippen LogP contribution in [-0.2, 0) is 6.54 Å². The van der Waals surface area contributed by atoms with E-state index in [-0.39, 0.29) is 24.1 Å². The summed E-state index contributed by atoms with van der Waals surface area (Å²) >= 11 is 5.87. The summed E-state index contributed by atoms with van der Waals surface area (Å²) < 4.78 is 28.4. The zero-order valence-corrected chi connectivity index (χ0v) is 10.6. The highest BCUT2D eigenvalue weighted by Crippen LogP contribution is 2.57. The number of rotatable bonds is 3. The first kappa shape index (κ1) is 12.5.